The molecule has 0 aromatic rings. The van der Waals surface area contributed by atoms with Crippen molar-refractivity contribution in [2.24, 2.45) is 5.41 Å². The van der Waals surface area contributed by atoms with Crippen molar-refractivity contribution in [3.63, 3.8) is 0 Å². The van der Waals surface area contributed by atoms with Crippen LogP contribution in [-0.4, -0.2) is 104 Å². The summed E-state index contributed by atoms with van der Waals surface area (Å²) in [6.07, 6.45) is -1.79. The van der Waals surface area contributed by atoms with Crippen LogP contribution >= 0.6 is 0 Å². The zero-order valence-electron chi connectivity index (χ0n) is 17.6. The fourth-order valence-corrected chi connectivity index (χ4v) is 3.11. The predicted molar refractivity (Wildman–Crippen MR) is 99.3 cm³/mol. The van der Waals surface area contributed by atoms with Gasteiger partial charge in [-0.15, -0.1) is 0 Å². The van der Waals surface area contributed by atoms with E-state index in [4.69, 9.17) is 47.4 Å². The maximum Gasteiger partial charge on any atom is 0.508 e. The highest BCUT2D eigenvalue weighted by atomic mass is 16.8. The second-order valence-corrected chi connectivity index (χ2v) is 7.60. The smallest absolute Gasteiger partial charge is 0.430 e. The van der Waals surface area contributed by atoms with Gasteiger partial charge in [-0.05, 0) is 6.42 Å². The molecule has 0 aromatic heterocycles. The molecule has 178 valence electrons. The summed E-state index contributed by atoms with van der Waals surface area (Å²) in [5, 5.41) is 0. The molecule has 0 amide bonds. The molecular weight excluding hydrogens is 420 g/mol. The molecular formula is C19H30O12. The summed E-state index contributed by atoms with van der Waals surface area (Å²) in [4.78, 5) is 22.1. The van der Waals surface area contributed by atoms with Crippen LogP contribution in [0.25, 0.3) is 0 Å². The van der Waals surface area contributed by atoms with Gasteiger partial charge in [0.1, 0.15) is 32.9 Å². The van der Waals surface area contributed by atoms with Gasteiger partial charge < -0.3 is 47.4 Å². The number of carbonyl (C=O) groups excluding carboxylic acids is 2. The van der Waals surface area contributed by atoms with Gasteiger partial charge in [0.25, 0.3) is 0 Å². The van der Waals surface area contributed by atoms with Crippen molar-refractivity contribution in [1.82, 2.24) is 0 Å². The molecule has 3 fully saturated rings. The Hall–Kier alpha value is -1.70. The van der Waals surface area contributed by atoms with E-state index in [1.165, 1.54) is 0 Å². The van der Waals surface area contributed by atoms with E-state index in [0.29, 0.717) is 39.5 Å². The van der Waals surface area contributed by atoms with Crippen molar-refractivity contribution in [1.29, 1.82) is 0 Å². The molecule has 3 aliphatic rings. The highest BCUT2D eigenvalue weighted by Gasteiger charge is 2.33. The maximum absolute atomic E-state index is 11.1. The van der Waals surface area contributed by atoms with Crippen molar-refractivity contribution >= 4 is 12.3 Å². The van der Waals surface area contributed by atoms with Gasteiger partial charge in [0, 0.05) is 5.41 Å². The number of carbonyl (C=O) groups is 2. The highest BCUT2D eigenvalue weighted by Crippen LogP contribution is 2.25. The monoisotopic (exact) mass is 450 g/mol. The molecule has 3 unspecified atom stereocenters. The molecule has 3 saturated heterocycles. The fourth-order valence-electron chi connectivity index (χ4n) is 3.11. The van der Waals surface area contributed by atoms with Crippen LogP contribution in [0.3, 0.4) is 0 Å². The Labute approximate surface area is 180 Å². The summed E-state index contributed by atoms with van der Waals surface area (Å²) in [5.41, 5.74) is -0.477. The zero-order chi connectivity index (χ0) is 21.9. The lowest BCUT2D eigenvalue weighted by atomic mass is 9.88. The van der Waals surface area contributed by atoms with Gasteiger partial charge in [-0.3, -0.25) is 0 Å². The highest BCUT2D eigenvalue weighted by molar-refractivity contribution is 5.62. The van der Waals surface area contributed by atoms with Gasteiger partial charge in [0.2, 0.25) is 0 Å². The summed E-state index contributed by atoms with van der Waals surface area (Å²) in [6.45, 7) is 4.77. The average molecular weight is 450 g/mol. The van der Waals surface area contributed by atoms with E-state index in [2.05, 4.69) is 0 Å². The van der Waals surface area contributed by atoms with E-state index in [0.717, 1.165) is 0 Å². The third kappa shape index (κ3) is 8.05. The molecule has 0 aromatic carbocycles. The minimum atomic E-state index is -0.690. The summed E-state index contributed by atoms with van der Waals surface area (Å²) < 4.78 is 53.0. The van der Waals surface area contributed by atoms with Crippen molar-refractivity contribution in [3.05, 3.63) is 0 Å². The van der Waals surface area contributed by atoms with E-state index in [1.807, 2.05) is 6.92 Å². The maximum atomic E-state index is 11.1. The van der Waals surface area contributed by atoms with Crippen LogP contribution in [0, 0.1) is 5.41 Å². The lowest BCUT2D eigenvalue weighted by Crippen LogP contribution is -2.40. The Kier molecular flexibility index (Phi) is 9.55. The van der Waals surface area contributed by atoms with Gasteiger partial charge >= 0.3 is 12.3 Å². The van der Waals surface area contributed by atoms with Crippen LogP contribution in [0.15, 0.2) is 0 Å². The molecule has 3 aliphatic heterocycles. The molecule has 0 spiro atoms. The number of cyclic esters (lactones) is 4. The van der Waals surface area contributed by atoms with Crippen LogP contribution in [0.5, 0.6) is 0 Å². The van der Waals surface area contributed by atoms with Gasteiger partial charge in [-0.2, -0.15) is 0 Å². The number of hydrogen-bond donors (Lipinski definition) is 0. The van der Waals surface area contributed by atoms with Crippen molar-refractivity contribution in [2.75, 3.05) is 73.0 Å². The molecule has 0 radical (unpaired) electrons. The van der Waals surface area contributed by atoms with Crippen LogP contribution in [0.1, 0.15) is 13.3 Å². The lowest BCUT2D eigenvalue weighted by Gasteiger charge is -2.33. The summed E-state index contributed by atoms with van der Waals surface area (Å²) in [7, 11) is 0. The summed E-state index contributed by atoms with van der Waals surface area (Å²) >= 11 is 0. The quantitative estimate of drug-likeness (QED) is 0.369. The van der Waals surface area contributed by atoms with Gasteiger partial charge in [-0.25, -0.2) is 9.59 Å². The van der Waals surface area contributed by atoms with E-state index in [1.54, 1.807) is 0 Å². The molecule has 3 atom stereocenters. The first-order valence-corrected chi connectivity index (χ1v) is 10.3. The van der Waals surface area contributed by atoms with Gasteiger partial charge in [0.15, 0.2) is 12.2 Å². The fraction of sp³-hybridized carbons (Fsp3) is 0.895. The first-order chi connectivity index (χ1) is 15.1. The van der Waals surface area contributed by atoms with E-state index in [9.17, 15) is 9.59 Å². The third-order valence-corrected chi connectivity index (χ3v) is 5.04. The molecule has 0 saturated carbocycles. The zero-order valence-corrected chi connectivity index (χ0v) is 17.6. The largest absolute Gasteiger partial charge is 0.508 e. The molecule has 31 heavy (non-hydrogen) atoms. The van der Waals surface area contributed by atoms with E-state index in [-0.39, 0.29) is 46.1 Å². The molecule has 12 heteroatoms. The molecule has 0 aliphatic carbocycles. The van der Waals surface area contributed by atoms with Crippen LogP contribution in [-0.2, 0) is 47.4 Å². The molecule has 3 heterocycles. The Balaban J connectivity index is 1.47. The minimum Gasteiger partial charge on any atom is -0.430 e. The minimum absolute atomic E-state index is 0.156. The van der Waals surface area contributed by atoms with Crippen molar-refractivity contribution < 1.29 is 57.0 Å². The Bertz CT molecular complexity index is 530. The molecule has 3 rings (SSSR count). The Morgan fingerprint density at radius 3 is 1.81 bits per heavy atom. The number of ether oxygens (including phenoxy) is 10. The van der Waals surface area contributed by atoms with E-state index < -0.39 is 29.9 Å². The average Bonchev–Trinajstić information content (AvgIpc) is 3.27. The number of hydrogen-bond acceptors (Lipinski definition) is 12. The van der Waals surface area contributed by atoms with Crippen molar-refractivity contribution in [2.45, 2.75) is 31.7 Å². The lowest BCUT2D eigenvalue weighted by molar-refractivity contribution is -0.117. The standard InChI is InChI=1S/C19H30O12/c1-2-19(10-23-5-15-7-27-17(20)30-15,11-24-6-16-8-28-18(21)31-16)9-22-3-14-4-25-12-26-13-29-14/h14-16H,2-13H2,1H3. The van der Waals surface area contributed by atoms with Crippen LogP contribution in [0.4, 0.5) is 9.59 Å². The third-order valence-electron chi connectivity index (χ3n) is 5.04. The Morgan fingerprint density at radius 1 is 0.774 bits per heavy atom. The number of rotatable bonds is 13. The molecule has 0 bridgehead atoms. The van der Waals surface area contributed by atoms with Crippen LogP contribution in [0.2, 0.25) is 0 Å². The SMILES string of the molecule is CCC(COCC1COCOCO1)(COCC1COC(=O)O1)COCC1COC(=O)O1. The normalized spacial score (nSPS) is 28.2. The summed E-state index contributed by atoms with van der Waals surface area (Å²) in [5.74, 6) is 0. The molecule has 12 nitrogen and oxygen atoms in total. The summed E-state index contributed by atoms with van der Waals surface area (Å²) in [6, 6.07) is 0. The second-order valence-electron chi connectivity index (χ2n) is 7.60. The predicted octanol–water partition coefficient (Wildman–Crippen LogP) is 0.850. The second kappa shape index (κ2) is 12.4. The van der Waals surface area contributed by atoms with E-state index >= 15 is 0 Å². The van der Waals surface area contributed by atoms with Crippen molar-refractivity contribution in [3.8, 4) is 0 Å². The molecule has 0 N–H and O–H groups in total. The van der Waals surface area contributed by atoms with Gasteiger partial charge in [-0.1, -0.05) is 6.92 Å². The topological polar surface area (TPSA) is 126 Å². The van der Waals surface area contributed by atoms with Crippen LogP contribution < -0.4 is 0 Å². The first-order valence-electron chi connectivity index (χ1n) is 10.3. The van der Waals surface area contributed by atoms with Gasteiger partial charge in [0.05, 0.1) is 46.2 Å². The first kappa shape index (κ1) is 24.0. The Morgan fingerprint density at radius 2 is 1.32 bits per heavy atom.